The highest BCUT2D eigenvalue weighted by Gasteiger charge is 2.24. The van der Waals surface area contributed by atoms with Crippen LogP contribution in [0.4, 0.5) is 0 Å². The molecular weight excluding hydrogens is 266 g/mol. The van der Waals surface area contributed by atoms with Crippen molar-refractivity contribution in [3.8, 4) is 0 Å². The van der Waals surface area contributed by atoms with Gasteiger partial charge in [-0.15, -0.1) is 0 Å². The smallest absolute Gasteiger partial charge is 0.222 e. The van der Waals surface area contributed by atoms with Gasteiger partial charge in [0, 0.05) is 24.3 Å². The van der Waals surface area contributed by atoms with Crippen LogP contribution in [-0.4, -0.2) is 28.7 Å². The normalized spacial score (nSPS) is 20.2. The second-order valence-corrected chi connectivity index (χ2v) is 6.77. The second kappa shape index (κ2) is 6.63. The molecule has 1 rings (SSSR count). The van der Waals surface area contributed by atoms with E-state index in [-0.39, 0.29) is 0 Å². The van der Waals surface area contributed by atoms with E-state index >= 15 is 0 Å². The Morgan fingerprint density at radius 1 is 1.31 bits per heavy atom. The summed E-state index contributed by atoms with van der Waals surface area (Å²) in [6.07, 6.45) is 4.06. The van der Waals surface area contributed by atoms with E-state index in [4.69, 9.17) is 0 Å². The van der Waals surface area contributed by atoms with Crippen molar-refractivity contribution in [3.63, 3.8) is 0 Å². The lowest BCUT2D eigenvalue weighted by atomic mass is 9.94. The van der Waals surface area contributed by atoms with Crippen molar-refractivity contribution in [2.45, 2.75) is 51.3 Å². The fraction of sp³-hybridized carbons (Fsp3) is 0.923. The topological polar surface area (TPSA) is 20.3 Å². The Balaban J connectivity index is 2.27. The van der Waals surface area contributed by atoms with Crippen LogP contribution in [-0.2, 0) is 4.79 Å². The van der Waals surface area contributed by atoms with Crippen LogP contribution < -0.4 is 0 Å². The monoisotopic (exact) mass is 289 g/mol. The molecule has 16 heavy (non-hydrogen) atoms. The summed E-state index contributed by atoms with van der Waals surface area (Å²) in [6.45, 7) is 8.47. The van der Waals surface area contributed by atoms with Crippen molar-refractivity contribution in [2.24, 2.45) is 11.8 Å². The average Bonchev–Trinajstić information content (AvgIpc) is 2.26. The van der Waals surface area contributed by atoms with E-state index in [1.54, 1.807) is 0 Å². The van der Waals surface area contributed by atoms with Gasteiger partial charge in [0.2, 0.25) is 5.91 Å². The standard InChI is InChI=1S/C13H24BrNO/c1-10(2)4-5-13(16)15-8-6-12(7-9-15)11(3)14/h10-12H,4-9H2,1-3H3. The molecule has 0 aromatic carbocycles. The minimum Gasteiger partial charge on any atom is -0.343 e. The highest BCUT2D eigenvalue weighted by molar-refractivity contribution is 9.09. The van der Waals surface area contributed by atoms with Gasteiger partial charge in [-0.05, 0) is 31.1 Å². The summed E-state index contributed by atoms with van der Waals surface area (Å²) in [5.41, 5.74) is 0. The van der Waals surface area contributed by atoms with Gasteiger partial charge in [0.1, 0.15) is 0 Å². The molecule has 0 aromatic rings. The van der Waals surface area contributed by atoms with E-state index in [1.807, 2.05) is 4.90 Å². The predicted molar refractivity (Wildman–Crippen MR) is 71.8 cm³/mol. The molecule has 0 bridgehead atoms. The Labute approximate surface area is 108 Å². The van der Waals surface area contributed by atoms with Crippen molar-refractivity contribution in [1.29, 1.82) is 0 Å². The molecule has 3 heteroatoms. The van der Waals surface area contributed by atoms with Gasteiger partial charge >= 0.3 is 0 Å². The molecule has 0 aliphatic carbocycles. The molecule has 1 aliphatic rings. The van der Waals surface area contributed by atoms with Gasteiger partial charge in [-0.3, -0.25) is 4.79 Å². The molecule has 94 valence electrons. The number of nitrogens with zero attached hydrogens (tertiary/aromatic N) is 1. The summed E-state index contributed by atoms with van der Waals surface area (Å²) in [6, 6.07) is 0. The predicted octanol–water partition coefficient (Wildman–Crippen LogP) is 3.44. The third kappa shape index (κ3) is 4.44. The van der Waals surface area contributed by atoms with Crippen molar-refractivity contribution < 1.29 is 4.79 Å². The highest BCUT2D eigenvalue weighted by Crippen LogP contribution is 2.25. The molecule has 0 saturated carbocycles. The van der Waals surface area contributed by atoms with Gasteiger partial charge < -0.3 is 4.90 Å². The van der Waals surface area contributed by atoms with E-state index < -0.39 is 0 Å². The molecule has 1 saturated heterocycles. The number of carbonyl (C=O) groups excluding carboxylic acids is 1. The van der Waals surface area contributed by atoms with Crippen LogP contribution in [0.15, 0.2) is 0 Å². The zero-order chi connectivity index (χ0) is 12.1. The molecule has 1 unspecified atom stereocenters. The Kier molecular flexibility index (Phi) is 5.81. The first-order valence-corrected chi connectivity index (χ1v) is 7.34. The Morgan fingerprint density at radius 3 is 2.31 bits per heavy atom. The summed E-state index contributed by atoms with van der Waals surface area (Å²) in [5, 5.41) is 0. The zero-order valence-corrected chi connectivity index (χ0v) is 12.3. The SMILES string of the molecule is CC(C)CCC(=O)N1CCC(C(C)Br)CC1. The average molecular weight is 290 g/mol. The maximum absolute atomic E-state index is 11.9. The van der Waals surface area contributed by atoms with Crippen molar-refractivity contribution in [3.05, 3.63) is 0 Å². The lowest BCUT2D eigenvalue weighted by molar-refractivity contribution is -0.132. The molecule has 1 fully saturated rings. The first-order valence-electron chi connectivity index (χ1n) is 6.42. The van der Waals surface area contributed by atoms with Crippen LogP contribution in [0.25, 0.3) is 0 Å². The number of likely N-dealkylation sites (tertiary alicyclic amines) is 1. The number of amides is 1. The van der Waals surface area contributed by atoms with Crippen LogP contribution >= 0.6 is 15.9 Å². The number of rotatable bonds is 4. The molecule has 0 N–H and O–H groups in total. The largest absolute Gasteiger partial charge is 0.343 e. The van der Waals surface area contributed by atoms with Crippen LogP contribution in [0.2, 0.25) is 0 Å². The first kappa shape index (κ1) is 14.0. The lowest BCUT2D eigenvalue weighted by Gasteiger charge is -2.33. The fourth-order valence-corrected chi connectivity index (χ4v) is 2.71. The summed E-state index contributed by atoms with van der Waals surface area (Å²) in [7, 11) is 0. The molecule has 1 heterocycles. The van der Waals surface area contributed by atoms with E-state index in [1.165, 1.54) is 0 Å². The molecular formula is C13H24BrNO. The molecule has 1 amide bonds. The number of halogens is 1. The van der Waals surface area contributed by atoms with Gasteiger partial charge in [-0.25, -0.2) is 0 Å². The molecule has 1 aliphatic heterocycles. The van der Waals surface area contributed by atoms with Crippen LogP contribution in [0.5, 0.6) is 0 Å². The van der Waals surface area contributed by atoms with Gasteiger partial charge in [0.15, 0.2) is 0 Å². The molecule has 0 radical (unpaired) electrons. The highest BCUT2D eigenvalue weighted by atomic mass is 79.9. The Hall–Kier alpha value is -0.0500. The van der Waals surface area contributed by atoms with E-state index in [9.17, 15) is 4.79 Å². The van der Waals surface area contributed by atoms with E-state index in [2.05, 4.69) is 36.7 Å². The third-order valence-corrected chi connectivity index (χ3v) is 4.23. The van der Waals surface area contributed by atoms with Gasteiger partial charge in [-0.1, -0.05) is 36.7 Å². The molecule has 0 aromatic heterocycles. The number of piperidine rings is 1. The maximum atomic E-state index is 11.9. The number of carbonyl (C=O) groups is 1. The summed E-state index contributed by atoms with van der Waals surface area (Å²) in [4.78, 5) is 14.5. The van der Waals surface area contributed by atoms with Gasteiger partial charge in [0.25, 0.3) is 0 Å². The Morgan fingerprint density at radius 2 is 1.88 bits per heavy atom. The maximum Gasteiger partial charge on any atom is 0.222 e. The van der Waals surface area contributed by atoms with Crippen molar-refractivity contribution in [2.75, 3.05) is 13.1 Å². The van der Waals surface area contributed by atoms with Gasteiger partial charge in [0.05, 0.1) is 0 Å². The van der Waals surface area contributed by atoms with Crippen LogP contribution in [0.1, 0.15) is 46.5 Å². The fourth-order valence-electron chi connectivity index (χ4n) is 2.18. The quantitative estimate of drug-likeness (QED) is 0.726. The number of hydrogen-bond acceptors (Lipinski definition) is 1. The number of hydrogen-bond donors (Lipinski definition) is 0. The summed E-state index contributed by atoms with van der Waals surface area (Å²) in [5.74, 6) is 1.73. The second-order valence-electron chi connectivity index (χ2n) is 5.33. The van der Waals surface area contributed by atoms with Crippen LogP contribution in [0.3, 0.4) is 0 Å². The van der Waals surface area contributed by atoms with Crippen molar-refractivity contribution >= 4 is 21.8 Å². The molecule has 2 nitrogen and oxygen atoms in total. The Bertz CT molecular complexity index is 220. The minimum absolute atomic E-state index is 0.356. The number of alkyl halides is 1. The summed E-state index contributed by atoms with van der Waals surface area (Å²) < 4.78 is 0. The van der Waals surface area contributed by atoms with Gasteiger partial charge in [-0.2, -0.15) is 0 Å². The molecule has 1 atom stereocenters. The van der Waals surface area contributed by atoms with E-state index in [0.717, 1.165) is 44.7 Å². The van der Waals surface area contributed by atoms with Crippen molar-refractivity contribution in [1.82, 2.24) is 4.90 Å². The zero-order valence-electron chi connectivity index (χ0n) is 10.7. The third-order valence-electron chi connectivity index (χ3n) is 3.48. The van der Waals surface area contributed by atoms with E-state index in [0.29, 0.717) is 16.7 Å². The molecule has 0 spiro atoms. The minimum atomic E-state index is 0.356. The summed E-state index contributed by atoms with van der Waals surface area (Å²) >= 11 is 3.64. The first-order chi connectivity index (χ1) is 7.50. The lowest BCUT2D eigenvalue weighted by Crippen LogP contribution is -2.39. The van der Waals surface area contributed by atoms with Crippen LogP contribution in [0, 0.1) is 11.8 Å².